The van der Waals surface area contributed by atoms with Crippen molar-refractivity contribution in [1.82, 2.24) is 5.32 Å². The Morgan fingerprint density at radius 3 is 2.43 bits per heavy atom. The molecule has 0 aromatic rings. The second-order valence-corrected chi connectivity index (χ2v) is 4.78. The zero-order valence-electron chi connectivity index (χ0n) is 9.63. The lowest BCUT2D eigenvalue weighted by atomic mass is 9.87. The molecule has 3 heteroatoms. The zero-order chi connectivity index (χ0) is 11.4. The standard InChI is InChI=1S/C11H22N2O/c1-6-7-8(2)13-10(14)9(12)11(3,4)5/h6,8-9H,1,7,12H2,2-5H3,(H,13,14)/t8?,9-/m0/s1. The highest BCUT2D eigenvalue weighted by molar-refractivity contribution is 5.82. The van der Waals surface area contributed by atoms with Crippen LogP contribution in [0.5, 0.6) is 0 Å². The number of carbonyl (C=O) groups is 1. The molecule has 0 bridgehead atoms. The molecular weight excluding hydrogens is 176 g/mol. The third kappa shape index (κ3) is 4.42. The van der Waals surface area contributed by atoms with Crippen LogP contribution in [0.25, 0.3) is 0 Å². The van der Waals surface area contributed by atoms with Crippen molar-refractivity contribution in [3.63, 3.8) is 0 Å². The van der Waals surface area contributed by atoms with Crippen LogP contribution in [0.15, 0.2) is 12.7 Å². The molecule has 3 nitrogen and oxygen atoms in total. The highest BCUT2D eigenvalue weighted by Crippen LogP contribution is 2.17. The van der Waals surface area contributed by atoms with Gasteiger partial charge >= 0.3 is 0 Å². The quantitative estimate of drug-likeness (QED) is 0.672. The summed E-state index contributed by atoms with van der Waals surface area (Å²) < 4.78 is 0. The van der Waals surface area contributed by atoms with E-state index in [4.69, 9.17) is 5.73 Å². The van der Waals surface area contributed by atoms with Crippen molar-refractivity contribution in [2.75, 3.05) is 0 Å². The maximum Gasteiger partial charge on any atom is 0.237 e. The third-order valence-electron chi connectivity index (χ3n) is 2.12. The summed E-state index contributed by atoms with van der Waals surface area (Å²) >= 11 is 0. The van der Waals surface area contributed by atoms with Crippen molar-refractivity contribution in [2.45, 2.75) is 46.2 Å². The maximum atomic E-state index is 11.6. The average Bonchev–Trinajstić information content (AvgIpc) is 2.01. The molecule has 0 saturated heterocycles. The van der Waals surface area contributed by atoms with Gasteiger partial charge in [0.05, 0.1) is 6.04 Å². The van der Waals surface area contributed by atoms with E-state index in [0.717, 1.165) is 6.42 Å². The number of nitrogens with one attached hydrogen (secondary N) is 1. The minimum Gasteiger partial charge on any atom is -0.352 e. The Bertz CT molecular complexity index is 206. The van der Waals surface area contributed by atoms with Gasteiger partial charge in [0.2, 0.25) is 5.91 Å². The van der Waals surface area contributed by atoms with E-state index in [2.05, 4.69) is 11.9 Å². The van der Waals surface area contributed by atoms with Gasteiger partial charge < -0.3 is 11.1 Å². The van der Waals surface area contributed by atoms with Crippen LogP contribution in [0, 0.1) is 5.41 Å². The van der Waals surface area contributed by atoms with Gasteiger partial charge in [0.25, 0.3) is 0 Å². The van der Waals surface area contributed by atoms with E-state index in [0.29, 0.717) is 0 Å². The first kappa shape index (κ1) is 13.2. The smallest absolute Gasteiger partial charge is 0.237 e. The van der Waals surface area contributed by atoms with Crippen LogP contribution < -0.4 is 11.1 Å². The summed E-state index contributed by atoms with van der Waals surface area (Å²) in [6.07, 6.45) is 2.55. The molecule has 1 amide bonds. The molecule has 0 aliphatic carbocycles. The number of hydrogen-bond donors (Lipinski definition) is 2. The molecule has 0 heterocycles. The van der Waals surface area contributed by atoms with Crippen molar-refractivity contribution >= 4 is 5.91 Å². The summed E-state index contributed by atoms with van der Waals surface area (Å²) in [6.45, 7) is 11.4. The molecule has 0 spiro atoms. The number of carbonyl (C=O) groups excluding carboxylic acids is 1. The second kappa shape index (κ2) is 5.15. The molecule has 0 rings (SSSR count). The van der Waals surface area contributed by atoms with Crippen LogP contribution in [0.1, 0.15) is 34.1 Å². The minimum absolute atomic E-state index is 0.0909. The Morgan fingerprint density at radius 2 is 2.07 bits per heavy atom. The van der Waals surface area contributed by atoms with Gasteiger partial charge in [-0.3, -0.25) is 4.79 Å². The fourth-order valence-corrected chi connectivity index (χ4v) is 1.03. The molecule has 0 aromatic heterocycles. The topological polar surface area (TPSA) is 55.1 Å². The minimum atomic E-state index is -0.463. The monoisotopic (exact) mass is 198 g/mol. The normalized spacial score (nSPS) is 15.8. The van der Waals surface area contributed by atoms with E-state index >= 15 is 0 Å². The molecule has 0 radical (unpaired) electrons. The Balaban J connectivity index is 4.15. The summed E-state index contributed by atoms with van der Waals surface area (Å²) in [4.78, 5) is 11.6. The maximum absolute atomic E-state index is 11.6. The Hall–Kier alpha value is -0.830. The van der Waals surface area contributed by atoms with Gasteiger partial charge in [0.1, 0.15) is 0 Å². The lowest BCUT2D eigenvalue weighted by Gasteiger charge is -2.27. The van der Waals surface area contributed by atoms with E-state index in [1.165, 1.54) is 0 Å². The Morgan fingerprint density at radius 1 is 1.57 bits per heavy atom. The van der Waals surface area contributed by atoms with Gasteiger partial charge in [-0.1, -0.05) is 26.8 Å². The zero-order valence-corrected chi connectivity index (χ0v) is 9.63. The SMILES string of the molecule is C=CCC(C)NC(=O)[C@H](N)C(C)(C)C. The molecule has 82 valence electrons. The average molecular weight is 198 g/mol. The molecule has 0 aliphatic heterocycles. The highest BCUT2D eigenvalue weighted by atomic mass is 16.2. The molecule has 0 aliphatic rings. The van der Waals surface area contributed by atoms with E-state index in [9.17, 15) is 4.79 Å². The van der Waals surface area contributed by atoms with Gasteiger partial charge in [-0.2, -0.15) is 0 Å². The van der Waals surface area contributed by atoms with Crippen LogP contribution >= 0.6 is 0 Å². The van der Waals surface area contributed by atoms with E-state index in [1.54, 1.807) is 6.08 Å². The fourth-order valence-electron chi connectivity index (χ4n) is 1.03. The van der Waals surface area contributed by atoms with Crippen LogP contribution in [-0.2, 0) is 4.79 Å². The summed E-state index contributed by atoms with van der Waals surface area (Å²) in [6, 6.07) is -0.358. The van der Waals surface area contributed by atoms with Gasteiger partial charge in [0, 0.05) is 6.04 Å². The van der Waals surface area contributed by atoms with E-state index < -0.39 is 6.04 Å². The molecule has 3 N–H and O–H groups in total. The lowest BCUT2D eigenvalue weighted by molar-refractivity contribution is -0.125. The molecule has 0 fully saturated rings. The van der Waals surface area contributed by atoms with Gasteiger partial charge in [-0.05, 0) is 18.8 Å². The van der Waals surface area contributed by atoms with Crippen LogP contribution in [-0.4, -0.2) is 18.0 Å². The summed E-state index contributed by atoms with van der Waals surface area (Å²) in [5.41, 5.74) is 5.60. The van der Waals surface area contributed by atoms with E-state index in [1.807, 2.05) is 27.7 Å². The fraction of sp³-hybridized carbons (Fsp3) is 0.727. The predicted molar refractivity (Wildman–Crippen MR) is 59.8 cm³/mol. The van der Waals surface area contributed by atoms with Gasteiger partial charge in [0.15, 0.2) is 0 Å². The van der Waals surface area contributed by atoms with Crippen molar-refractivity contribution in [3.05, 3.63) is 12.7 Å². The first-order chi connectivity index (χ1) is 6.29. The summed E-state index contributed by atoms with van der Waals surface area (Å²) in [7, 11) is 0. The molecule has 0 saturated carbocycles. The van der Waals surface area contributed by atoms with Crippen molar-refractivity contribution in [2.24, 2.45) is 11.1 Å². The van der Waals surface area contributed by atoms with Crippen LogP contribution in [0.3, 0.4) is 0 Å². The largest absolute Gasteiger partial charge is 0.352 e. The Labute approximate surface area is 86.8 Å². The summed E-state index contributed by atoms with van der Waals surface area (Å²) in [5.74, 6) is -0.0909. The van der Waals surface area contributed by atoms with E-state index in [-0.39, 0.29) is 17.4 Å². The molecular formula is C11H22N2O. The van der Waals surface area contributed by atoms with Crippen molar-refractivity contribution in [1.29, 1.82) is 0 Å². The third-order valence-corrected chi connectivity index (χ3v) is 2.12. The van der Waals surface area contributed by atoms with Crippen LogP contribution in [0.4, 0.5) is 0 Å². The number of hydrogen-bond acceptors (Lipinski definition) is 2. The van der Waals surface area contributed by atoms with Gasteiger partial charge in [-0.25, -0.2) is 0 Å². The van der Waals surface area contributed by atoms with Crippen molar-refractivity contribution < 1.29 is 4.79 Å². The molecule has 2 atom stereocenters. The first-order valence-corrected chi connectivity index (χ1v) is 4.96. The van der Waals surface area contributed by atoms with Gasteiger partial charge in [-0.15, -0.1) is 6.58 Å². The molecule has 1 unspecified atom stereocenters. The number of nitrogens with two attached hydrogens (primary N) is 1. The Kier molecular flexibility index (Phi) is 4.85. The second-order valence-electron chi connectivity index (χ2n) is 4.78. The van der Waals surface area contributed by atoms with Crippen LogP contribution in [0.2, 0.25) is 0 Å². The first-order valence-electron chi connectivity index (χ1n) is 4.96. The highest BCUT2D eigenvalue weighted by Gasteiger charge is 2.27. The number of rotatable bonds is 4. The summed E-state index contributed by atoms with van der Waals surface area (Å²) in [5, 5.41) is 2.85. The molecule has 0 aromatic carbocycles. The lowest BCUT2D eigenvalue weighted by Crippen LogP contribution is -2.50. The number of amides is 1. The van der Waals surface area contributed by atoms with Crippen molar-refractivity contribution in [3.8, 4) is 0 Å². The predicted octanol–water partition coefficient (Wildman–Crippen LogP) is 1.44. The molecule has 14 heavy (non-hydrogen) atoms.